The zero-order chi connectivity index (χ0) is 33.3. The Morgan fingerprint density at radius 2 is 0.886 bits per heavy atom. The predicted octanol–water partition coefficient (Wildman–Crippen LogP) is -1.40. The van der Waals surface area contributed by atoms with Gasteiger partial charge in [0, 0.05) is 48.5 Å². The van der Waals surface area contributed by atoms with E-state index in [0.29, 0.717) is 0 Å². The van der Waals surface area contributed by atoms with Gasteiger partial charge in [-0.2, -0.15) is 0 Å². The number of carbonyl (C=O) groups is 7. The minimum atomic E-state index is -1.82. The van der Waals surface area contributed by atoms with Crippen molar-refractivity contribution in [1.29, 1.82) is 0 Å². The molecule has 0 amide bonds. The predicted molar refractivity (Wildman–Crippen MR) is 135 cm³/mol. The van der Waals surface area contributed by atoms with Crippen LogP contribution in [0.25, 0.3) is 0 Å². The Hall–Kier alpha value is -3.87. The van der Waals surface area contributed by atoms with Crippen molar-refractivity contribution in [3.8, 4) is 0 Å². The molecule has 18 nitrogen and oxygen atoms in total. The monoisotopic (exact) mass is 636 g/mol. The van der Waals surface area contributed by atoms with Crippen LogP contribution in [0.15, 0.2) is 0 Å². The molecule has 2 aliphatic rings. The highest BCUT2D eigenvalue weighted by Crippen LogP contribution is 2.34. The third kappa shape index (κ3) is 10.7. The van der Waals surface area contributed by atoms with Crippen molar-refractivity contribution in [3.63, 3.8) is 0 Å². The first kappa shape index (κ1) is 36.3. The molecule has 0 aliphatic carbocycles. The second-order valence-corrected chi connectivity index (χ2v) is 9.69. The summed E-state index contributed by atoms with van der Waals surface area (Å²) in [6.07, 6.45) is -16.4. The van der Waals surface area contributed by atoms with Crippen LogP contribution in [0.5, 0.6) is 0 Å². The molecule has 44 heavy (non-hydrogen) atoms. The topological polar surface area (TPSA) is 232 Å². The fraction of sp³-hybridized carbons (Fsp3) is 0.731. The quantitative estimate of drug-likeness (QED) is 0.203. The normalized spacial score (nSPS) is 31.5. The van der Waals surface area contributed by atoms with Crippen LogP contribution in [0.3, 0.4) is 0 Å². The summed E-state index contributed by atoms with van der Waals surface area (Å²) < 4.78 is 54.0. The van der Waals surface area contributed by atoms with Crippen molar-refractivity contribution in [2.24, 2.45) is 0 Å². The van der Waals surface area contributed by atoms with Crippen molar-refractivity contribution >= 4 is 41.8 Å². The Morgan fingerprint density at radius 3 is 1.36 bits per heavy atom. The molecule has 0 saturated carbocycles. The smallest absolute Gasteiger partial charge is 0.305 e. The van der Waals surface area contributed by atoms with Crippen LogP contribution in [-0.2, 0) is 80.9 Å². The molecule has 0 radical (unpaired) electrons. The number of esters is 7. The van der Waals surface area contributed by atoms with E-state index in [1.165, 1.54) is 0 Å². The molecule has 2 aliphatic heterocycles. The highest BCUT2D eigenvalue weighted by atomic mass is 16.8. The van der Waals surface area contributed by atoms with Gasteiger partial charge in [0.05, 0.1) is 0 Å². The number of hydrogen-bond acceptors (Lipinski definition) is 18. The Balaban J connectivity index is 2.61. The van der Waals surface area contributed by atoms with Crippen LogP contribution >= 0.6 is 0 Å². The van der Waals surface area contributed by atoms with Crippen LogP contribution in [-0.4, -0.2) is 122 Å². The number of rotatable bonds is 11. The van der Waals surface area contributed by atoms with Gasteiger partial charge in [0.1, 0.15) is 31.5 Å². The maximum Gasteiger partial charge on any atom is 0.305 e. The number of hydrogen-bond donors (Lipinski definition) is 1. The lowest BCUT2D eigenvalue weighted by Crippen LogP contribution is -2.67. The summed E-state index contributed by atoms with van der Waals surface area (Å²) in [7, 11) is 0. The van der Waals surface area contributed by atoms with E-state index >= 15 is 0 Å². The minimum Gasteiger partial charge on any atom is -0.463 e. The van der Waals surface area contributed by atoms with Crippen molar-refractivity contribution in [3.05, 3.63) is 0 Å². The van der Waals surface area contributed by atoms with Gasteiger partial charge in [-0.15, -0.1) is 0 Å². The molecule has 0 aromatic rings. The average Bonchev–Trinajstić information content (AvgIpc) is 2.87. The van der Waals surface area contributed by atoms with Crippen LogP contribution in [0.1, 0.15) is 48.5 Å². The van der Waals surface area contributed by atoms with Gasteiger partial charge in [0.15, 0.2) is 36.8 Å². The summed E-state index contributed by atoms with van der Waals surface area (Å²) in [5.41, 5.74) is 0. The van der Waals surface area contributed by atoms with E-state index in [4.69, 9.17) is 47.4 Å². The fourth-order valence-electron chi connectivity index (χ4n) is 4.41. The zero-order valence-electron chi connectivity index (χ0n) is 25.1. The lowest BCUT2D eigenvalue weighted by Gasteiger charge is -2.47. The minimum absolute atomic E-state index is 0.544. The van der Waals surface area contributed by atoms with Crippen molar-refractivity contribution in [1.82, 2.24) is 0 Å². The first-order valence-corrected chi connectivity index (χ1v) is 13.3. The molecule has 1 unspecified atom stereocenters. The van der Waals surface area contributed by atoms with E-state index in [1.54, 1.807) is 0 Å². The van der Waals surface area contributed by atoms with E-state index in [0.717, 1.165) is 48.5 Å². The molecule has 2 rings (SSSR count). The lowest BCUT2D eigenvalue weighted by atomic mass is 9.96. The van der Waals surface area contributed by atoms with Crippen LogP contribution in [0, 0.1) is 0 Å². The van der Waals surface area contributed by atoms with E-state index in [2.05, 4.69) is 0 Å². The highest BCUT2D eigenvalue weighted by Gasteiger charge is 2.57. The van der Waals surface area contributed by atoms with Gasteiger partial charge in [-0.3, -0.25) is 33.6 Å². The molecule has 0 bridgehead atoms. The van der Waals surface area contributed by atoms with Crippen LogP contribution in [0.2, 0.25) is 0 Å². The average molecular weight is 637 g/mol. The molecular weight excluding hydrogens is 600 g/mol. The maximum atomic E-state index is 12.2. The number of carbonyl (C=O) groups excluding carboxylic acids is 7. The summed E-state index contributed by atoms with van der Waals surface area (Å²) in [5, 5.41) is 11.0. The second-order valence-electron chi connectivity index (χ2n) is 9.69. The third-order valence-electron chi connectivity index (χ3n) is 5.89. The molecule has 0 aromatic carbocycles. The number of ether oxygens (including phenoxy) is 10. The first-order valence-electron chi connectivity index (χ1n) is 13.3. The first-order chi connectivity index (χ1) is 20.5. The Morgan fingerprint density at radius 1 is 0.477 bits per heavy atom. The molecular formula is C26H36O18. The SMILES string of the molecule is CC(=O)OC[C@@H]1OC(OC(C)=O)[C@@H](O[C@H]2O[C@H](COC(C)=O)[C@@H](OC(C)=O)[C@H](OC(C)=O)[C@@H]2OC(C)=O)[C@@H](OC(C)=O)[C@@H]1O. The van der Waals surface area contributed by atoms with E-state index in [-0.39, 0.29) is 0 Å². The fourth-order valence-corrected chi connectivity index (χ4v) is 4.41. The molecule has 2 saturated heterocycles. The van der Waals surface area contributed by atoms with Gasteiger partial charge in [-0.25, -0.2) is 0 Å². The summed E-state index contributed by atoms with van der Waals surface area (Å²) >= 11 is 0. The summed E-state index contributed by atoms with van der Waals surface area (Å²) in [6, 6.07) is 0. The third-order valence-corrected chi connectivity index (χ3v) is 5.89. The maximum absolute atomic E-state index is 12.2. The van der Waals surface area contributed by atoms with Crippen molar-refractivity contribution in [2.45, 2.75) is 110 Å². The number of aliphatic hydroxyl groups is 1. The lowest BCUT2D eigenvalue weighted by molar-refractivity contribution is -0.363. The molecule has 2 heterocycles. The number of aliphatic hydroxyl groups excluding tert-OH is 1. The Labute approximate surface area is 251 Å². The standard InChI is InChI=1S/C26H36O18/c1-10(27)35-8-17-19(34)21(38-13(4)30)23(25(42-17)41-16(7)33)44-26-24(40-15(6)32)22(39-14(5)31)20(37-12(3)29)18(43-26)9-36-11(2)28/h17-26,34H,8-9H2,1-7H3/t17-,18+,19+,20+,21-,22-,23-,24-,25?,26+/m0/s1. The van der Waals surface area contributed by atoms with Gasteiger partial charge in [-0.1, -0.05) is 0 Å². The van der Waals surface area contributed by atoms with Crippen molar-refractivity contribution in [2.75, 3.05) is 13.2 Å². The molecule has 0 spiro atoms. The van der Waals surface area contributed by atoms with E-state index in [1.807, 2.05) is 0 Å². The molecule has 10 atom stereocenters. The molecule has 18 heteroatoms. The largest absolute Gasteiger partial charge is 0.463 e. The second kappa shape index (κ2) is 16.3. The van der Waals surface area contributed by atoms with E-state index in [9.17, 15) is 38.7 Å². The van der Waals surface area contributed by atoms with Crippen LogP contribution in [0.4, 0.5) is 0 Å². The van der Waals surface area contributed by atoms with E-state index < -0.39 is 116 Å². The van der Waals surface area contributed by atoms with Crippen molar-refractivity contribution < 1.29 is 86.0 Å². The van der Waals surface area contributed by atoms with Crippen LogP contribution < -0.4 is 0 Å². The summed E-state index contributed by atoms with van der Waals surface area (Å²) in [6.45, 7) is 6.15. The van der Waals surface area contributed by atoms with Gasteiger partial charge in [0.25, 0.3) is 0 Å². The molecule has 248 valence electrons. The summed E-state index contributed by atoms with van der Waals surface area (Å²) in [5.74, 6) is -6.02. The molecule has 0 aromatic heterocycles. The molecule has 1 N–H and O–H groups in total. The van der Waals surface area contributed by atoms with Gasteiger partial charge >= 0.3 is 41.8 Å². The molecule has 2 fully saturated rings. The highest BCUT2D eigenvalue weighted by molar-refractivity contribution is 5.69. The van der Waals surface area contributed by atoms with Gasteiger partial charge < -0.3 is 52.5 Å². The zero-order valence-corrected chi connectivity index (χ0v) is 25.1. The Kier molecular flexibility index (Phi) is 13.4. The van der Waals surface area contributed by atoms with Gasteiger partial charge in [0.2, 0.25) is 6.29 Å². The Bertz CT molecular complexity index is 1090. The van der Waals surface area contributed by atoms with Gasteiger partial charge in [-0.05, 0) is 0 Å². The summed E-state index contributed by atoms with van der Waals surface area (Å²) in [4.78, 5) is 83.2.